The van der Waals surface area contributed by atoms with Gasteiger partial charge in [0.15, 0.2) is 0 Å². The van der Waals surface area contributed by atoms with E-state index < -0.39 is 0 Å². The van der Waals surface area contributed by atoms with Gasteiger partial charge in [-0.25, -0.2) is 4.39 Å². The fourth-order valence-corrected chi connectivity index (χ4v) is 2.07. The zero-order valence-electron chi connectivity index (χ0n) is 10.3. The Labute approximate surface area is 102 Å². The highest BCUT2D eigenvalue weighted by Gasteiger charge is 2.04. The highest BCUT2D eigenvalue weighted by atomic mass is 19.1. The second kappa shape index (κ2) is 5.13. The summed E-state index contributed by atoms with van der Waals surface area (Å²) >= 11 is 0. The Kier molecular flexibility index (Phi) is 3.58. The molecule has 0 heterocycles. The molecule has 0 saturated carbocycles. The largest absolute Gasteiger partial charge is 0.207 e. The minimum absolute atomic E-state index is 0.212. The van der Waals surface area contributed by atoms with Crippen molar-refractivity contribution < 1.29 is 4.39 Å². The van der Waals surface area contributed by atoms with E-state index in [2.05, 4.69) is 32.0 Å². The van der Waals surface area contributed by atoms with Crippen molar-refractivity contribution in [2.24, 2.45) is 0 Å². The van der Waals surface area contributed by atoms with E-state index in [4.69, 9.17) is 0 Å². The molecule has 0 fully saturated rings. The lowest BCUT2D eigenvalue weighted by Crippen LogP contribution is -1.92. The molecule has 0 nitrogen and oxygen atoms in total. The van der Waals surface area contributed by atoms with Crippen LogP contribution in [0, 0.1) is 11.9 Å². The third kappa shape index (κ3) is 2.55. The van der Waals surface area contributed by atoms with E-state index in [9.17, 15) is 4.39 Å². The Morgan fingerprint density at radius 2 is 1.76 bits per heavy atom. The van der Waals surface area contributed by atoms with E-state index in [1.807, 2.05) is 6.07 Å². The second-order valence-electron chi connectivity index (χ2n) is 4.11. The monoisotopic (exact) mass is 227 g/mol. The molecule has 0 unspecified atom stereocenters. The molecule has 17 heavy (non-hydrogen) atoms. The first kappa shape index (κ1) is 11.8. The van der Waals surface area contributed by atoms with Crippen LogP contribution in [-0.4, -0.2) is 0 Å². The van der Waals surface area contributed by atoms with Crippen molar-refractivity contribution in [1.82, 2.24) is 0 Å². The molecule has 1 heteroatoms. The number of rotatable bonds is 3. The van der Waals surface area contributed by atoms with Gasteiger partial charge in [-0.2, -0.15) is 0 Å². The van der Waals surface area contributed by atoms with Gasteiger partial charge >= 0.3 is 0 Å². The van der Waals surface area contributed by atoms with Gasteiger partial charge in [0.25, 0.3) is 0 Å². The predicted octanol–water partition coefficient (Wildman–Crippen LogP) is 4.42. The zero-order chi connectivity index (χ0) is 12.3. The summed E-state index contributed by atoms with van der Waals surface area (Å²) in [5, 5.41) is 0. The van der Waals surface area contributed by atoms with Gasteiger partial charge in [-0.05, 0) is 53.3 Å². The van der Waals surface area contributed by atoms with Crippen LogP contribution < -0.4 is 0 Å². The van der Waals surface area contributed by atoms with Crippen molar-refractivity contribution in [3.8, 4) is 11.1 Å². The average Bonchev–Trinajstić information content (AvgIpc) is 2.38. The number of benzene rings is 2. The lowest BCUT2D eigenvalue weighted by Gasteiger charge is -2.09. The van der Waals surface area contributed by atoms with E-state index in [1.54, 1.807) is 6.07 Å². The van der Waals surface area contributed by atoms with Gasteiger partial charge in [0.2, 0.25) is 0 Å². The SMILES string of the molecule is CCc1ccc(-c2[c]ccc(F)c2)cc1CC. The molecule has 0 aromatic heterocycles. The normalized spacial score (nSPS) is 10.5. The Morgan fingerprint density at radius 1 is 1.00 bits per heavy atom. The first-order valence-corrected chi connectivity index (χ1v) is 6.04. The van der Waals surface area contributed by atoms with Crippen molar-refractivity contribution in [2.75, 3.05) is 0 Å². The number of aryl methyl sites for hydroxylation is 2. The van der Waals surface area contributed by atoms with E-state index in [0.717, 1.165) is 24.0 Å². The van der Waals surface area contributed by atoms with Crippen molar-refractivity contribution in [1.29, 1.82) is 0 Å². The van der Waals surface area contributed by atoms with Crippen LogP contribution in [0.1, 0.15) is 25.0 Å². The van der Waals surface area contributed by atoms with Crippen molar-refractivity contribution in [3.05, 3.63) is 59.4 Å². The summed E-state index contributed by atoms with van der Waals surface area (Å²) in [7, 11) is 0. The van der Waals surface area contributed by atoms with Crippen molar-refractivity contribution in [3.63, 3.8) is 0 Å². The molecule has 0 aliphatic carbocycles. The molecule has 1 radical (unpaired) electrons. The van der Waals surface area contributed by atoms with Gasteiger partial charge in [-0.15, -0.1) is 0 Å². The summed E-state index contributed by atoms with van der Waals surface area (Å²) in [5.74, 6) is -0.212. The number of hydrogen-bond donors (Lipinski definition) is 0. The third-order valence-corrected chi connectivity index (χ3v) is 3.04. The van der Waals surface area contributed by atoms with Crippen LogP contribution in [0.25, 0.3) is 11.1 Å². The van der Waals surface area contributed by atoms with Gasteiger partial charge in [0, 0.05) is 0 Å². The molecule has 0 aliphatic heterocycles. The minimum Gasteiger partial charge on any atom is -0.207 e. The summed E-state index contributed by atoms with van der Waals surface area (Å²) in [4.78, 5) is 0. The summed E-state index contributed by atoms with van der Waals surface area (Å²) < 4.78 is 13.2. The minimum atomic E-state index is -0.212. The highest BCUT2D eigenvalue weighted by molar-refractivity contribution is 5.64. The fourth-order valence-electron chi connectivity index (χ4n) is 2.07. The maximum Gasteiger partial charge on any atom is 0.123 e. The Morgan fingerprint density at radius 3 is 2.41 bits per heavy atom. The van der Waals surface area contributed by atoms with Crippen LogP contribution in [0.4, 0.5) is 4.39 Å². The van der Waals surface area contributed by atoms with E-state index in [-0.39, 0.29) is 5.82 Å². The third-order valence-electron chi connectivity index (χ3n) is 3.04. The molecular weight excluding hydrogens is 211 g/mol. The second-order valence-corrected chi connectivity index (χ2v) is 4.11. The molecule has 0 N–H and O–H groups in total. The number of hydrogen-bond acceptors (Lipinski definition) is 0. The van der Waals surface area contributed by atoms with Crippen LogP contribution in [0.2, 0.25) is 0 Å². The van der Waals surface area contributed by atoms with Gasteiger partial charge in [-0.1, -0.05) is 38.1 Å². The van der Waals surface area contributed by atoms with Crippen LogP contribution >= 0.6 is 0 Å². The molecular formula is C16H16F. The van der Waals surface area contributed by atoms with Gasteiger partial charge < -0.3 is 0 Å². The molecule has 0 spiro atoms. The predicted molar refractivity (Wildman–Crippen MR) is 69.4 cm³/mol. The zero-order valence-corrected chi connectivity index (χ0v) is 10.3. The number of halogens is 1. The molecule has 2 rings (SSSR count). The lowest BCUT2D eigenvalue weighted by molar-refractivity contribution is 0.628. The first-order chi connectivity index (χ1) is 8.24. The fraction of sp³-hybridized carbons (Fsp3) is 0.250. The Hall–Kier alpha value is -1.63. The topological polar surface area (TPSA) is 0 Å². The van der Waals surface area contributed by atoms with Crippen molar-refractivity contribution >= 4 is 0 Å². The van der Waals surface area contributed by atoms with Gasteiger partial charge in [-0.3, -0.25) is 0 Å². The Balaban J connectivity index is 2.46. The Bertz CT molecular complexity index is 515. The van der Waals surface area contributed by atoms with E-state index in [0.29, 0.717) is 0 Å². The molecule has 87 valence electrons. The molecule has 2 aromatic rings. The summed E-state index contributed by atoms with van der Waals surface area (Å²) in [6.07, 6.45) is 2.04. The van der Waals surface area contributed by atoms with Crippen LogP contribution in [-0.2, 0) is 12.8 Å². The van der Waals surface area contributed by atoms with Crippen LogP contribution in [0.3, 0.4) is 0 Å². The maximum absolute atomic E-state index is 13.2. The molecule has 0 atom stereocenters. The molecule has 2 aromatic carbocycles. The van der Waals surface area contributed by atoms with Crippen LogP contribution in [0.15, 0.2) is 36.4 Å². The first-order valence-electron chi connectivity index (χ1n) is 6.04. The maximum atomic E-state index is 13.2. The smallest absolute Gasteiger partial charge is 0.123 e. The standard InChI is InChI=1S/C16H16F/c1-3-12-8-9-15(10-13(12)4-2)14-6-5-7-16(17)11-14/h5,7-11H,3-4H2,1-2H3. The molecule has 0 saturated heterocycles. The molecule has 0 aliphatic rings. The summed E-state index contributed by atoms with van der Waals surface area (Å²) in [6, 6.07) is 14.0. The molecule has 0 amide bonds. The summed E-state index contributed by atoms with van der Waals surface area (Å²) in [6.45, 7) is 4.30. The van der Waals surface area contributed by atoms with Gasteiger partial charge in [0.05, 0.1) is 0 Å². The summed E-state index contributed by atoms with van der Waals surface area (Å²) in [5.41, 5.74) is 4.57. The van der Waals surface area contributed by atoms with E-state index in [1.165, 1.54) is 23.3 Å². The quantitative estimate of drug-likeness (QED) is 0.728. The van der Waals surface area contributed by atoms with Crippen LogP contribution in [0.5, 0.6) is 0 Å². The average molecular weight is 227 g/mol. The van der Waals surface area contributed by atoms with Gasteiger partial charge in [0.1, 0.15) is 5.82 Å². The van der Waals surface area contributed by atoms with Crippen molar-refractivity contribution in [2.45, 2.75) is 26.7 Å². The lowest BCUT2D eigenvalue weighted by atomic mass is 9.96. The van der Waals surface area contributed by atoms with E-state index >= 15 is 0 Å². The highest BCUT2D eigenvalue weighted by Crippen LogP contribution is 2.23. The molecule has 0 bridgehead atoms.